The average Bonchev–Trinajstić information content (AvgIpc) is 2.01. The van der Waals surface area contributed by atoms with Gasteiger partial charge in [0.15, 0.2) is 0 Å². The van der Waals surface area contributed by atoms with E-state index in [4.69, 9.17) is 9.79 Å². The molecule has 0 aliphatic heterocycles. The average molecular weight is 208 g/mol. The van der Waals surface area contributed by atoms with Crippen LogP contribution < -0.4 is 0 Å². The zero-order chi connectivity index (χ0) is 10.3. The molecule has 0 amide bonds. The van der Waals surface area contributed by atoms with E-state index in [0.29, 0.717) is 12.8 Å². The molecule has 0 rings (SSSR count). The number of unbranched alkanes of at least 4 members (excludes halogenated alkanes) is 1. The maximum Gasteiger partial charge on any atom is 0.330 e. The molecule has 0 aromatic rings. The molecule has 0 saturated heterocycles. The van der Waals surface area contributed by atoms with Crippen LogP contribution in [0.3, 0.4) is 0 Å². The van der Waals surface area contributed by atoms with Crippen molar-refractivity contribution in [2.24, 2.45) is 0 Å². The van der Waals surface area contributed by atoms with Crippen molar-refractivity contribution < 1.29 is 23.9 Å². The van der Waals surface area contributed by atoms with E-state index in [2.05, 4.69) is 11.3 Å². The van der Waals surface area contributed by atoms with E-state index in [0.717, 1.165) is 6.08 Å². The molecule has 0 atom stereocenters. The molecular formula is C7H13O5P. The molecule has 6 heteroatoms. The molecule has 5 nitrogen and oxygen atoms in total. The second-order valence-electron chi connectivity index (χ2n) is 2.47. The Hall–Kier alpha value is -0.640. The molecule has 2 N–H and O–H groups in total. The highest BCUT2D eigenvalue weighted by atomic mass is 31.2. The Bertz CT molecular complexity index is 219. The maximum atomic E-state index is 10.5. The highest BCUT2D eigenvalue weighted by molar-refractivity contribution is 7.51. The van der Waals surface area contributed by atoms with Crippen molar-refractivity contribution >= 4 is 13.6 Å². The molecule has 76 valence electrons. The van der Waals surface area contributed by atoms with Gasteiger partial charge in [-0.25, -0.2) is 4.79 Å². The SMILES string of the molecule is C=CC(=O)OCCCCP(=O)(O)O. The quantitative estimate of drug-likeness (QED) is 0.290. The number of rotatable bonds is 6. The van der Waals surface area contributed by atoms with Crippen molar-refractivity contribution in [1.29, 1.82) is 0 Å². The number of ether oxygens (including phenoxy) is 1. The Kier molecular flexibility index (Phi) is 5.62. The first-order valence-electron chi connectivity index (χ1n) is 3.79. The van der Waals surface area contributed by atoms with Crippen molar-refractivity contribution in [2.75, 3.05) is 12.8 Å². The minimum atomic E-state index is -3.90. The van der Waals surface area contributed by atoms with Gasteiger partial charge in [-0.05, 0) is 12.8 Å². The lowest BCUT2D eigenvalue weighted by Crippen LogP contribution is -2.02. The third kappa shape index (κ3) is 9.27. The fourth-order valence-electron chi connectivity index (χ4n) is 0.652. The molecule has 0 bridgehead atoms. The molecule has 0 saturated carbocycles. The van der Waals surface area contributed by atoms with Crippen LogP contribution in [0.15, 0.2) is 12.7 Å². The lowest BCUT2D eigenvalue weighted by Gasteiger charge is -2.03. The van der Waals surface area contributed by atoms with E-state index in [1.54, 1.807) is 0 Å². The van der Waals surface area contributed by atoms with Gasteiger partial charge in [0.05, 0.1) is 6.61 Å². The van der Waals surface area contributed by atoms with Gasteiger partial charge in [0, 0.05) is 12.2 Å². The minimum Gasteiger partial charge on any atom is -0.463 e. The summed E-state index contributed by atoms with van der Waals surface area (Å²) in [6.07, 6.45) is 1.67. The maximum absolute atomic E-state index is 10.5. The van der Waals surface area contributed by atoms with E-state index in [9.17, 15) is 9.36 Å². The minimum absolute atomic E-state index is 0.168. The number of hydrogen-bond donors (Lipinski definition) is 2. The van der Waals surface area contributed by atoms with E-state index in [1.807, 2.05) is 0 Å². The Morgan fingerprint density at radius 3 is 2.54 bits per heavy atom. The van der Waals surface area contributed by atoms with Crippen LogP contribution in [0.25, 0.3) is 0 Å². The van der Waals surface area contributed by atoms with Crippen LogP contribution in [0.2, 0.25) is 0 Å². The summed E-state index contributed by atoms with van der Waals surface area (Å²) in [7, 11) is -3.90. The largest absolute Gasteiger partial charge is 0.463 e. The van der Waals surface area contributed by atoms with E-state index in [1.165, 1.54) is 0 Å². The van der Waals surface area contributed by atoms with Gasteiger partial charge in [0.25, 0.3) is 0 Å². The van der Waals surface area contributed by atoms with Crippen molar-refractivity contribution in [3.05, 3.63) is 12.7 Å². The molecule has 0 aliphatic carbocycles. The van der Waals surface area contributed by atoms with Crippen molar-refractivity contribution in [3.8, 4) is 0 Å². The van der Waals surface area contributed by atoms with Crippen LogP contribution in [0.1, 0.15) is 12.8 Å². The van der Waals surface area contributed by atoms with Gasteiger partial charge >= 0.3 is 13.6 Å². The predicted octanol–water partition coefficient (Wildman–Crippen LogP) is 0.673. The van der Waals surface area contributed by atoms with Crippen molar-refractivity contribution in [3.63, 3.8) is 0 Å². The normalized spacial score (nSPS) is 10.9. The zero-order valence-electron chi connectivity index (χ0n) is 7.18. The van der Waals surface area contributed by atoms with Gasteiger partial charge in [-0.3, -0.25) is 4.57 Å². The van der Waals surface area contributed by atoms with Gasteiger partial charge < -0.3 is 14.5 Å². The highest BCUT2D eigenvalue weighted by Gasteiger charge is 2.11. The smallest absolute Gasteiger partial charge is 0.330 e. The molecule has 0 fully saturated rings. The Morgan fingerprint density at radius 2 is 2.08 bits per heavy atom. The summed E-state index contributed by atoms with van der Waals surface area (Å²) in [5.74, 6) is -0.517. The van der Waals surface area contributed by atoms with Crippen LogP contribution in [-0.4, -0.2) is 28.5 Å². The summed E-state index contributed by atoms with van der Waals surface area (Å²) in [5, 5.41) is 0. The zero-order valence-corrected chi connectivity index (χ0v) is 8.07. The Morgan fingerprint density at radius 1 is 1.46 bits per heavy atom. The van der Waals surface area contributed by atoms with Gasteiger partial charge in [-0.15, -0.1) is 0 Å². The van der Waals surface area contributed by atoms with Crippen LogP contribution >= 0.6 is 7.60 Å². The summed E-state index contributed by atoms with van der Waals surface area (Å²) >= 11 is 0. The standard InChI is InChI=1S/C7H13O5P/c1-2-7(8)12-5-3-4-6-13(9,10)11/h2H,1,3-6H2,(H2,9,10,11). The second-order valence-corrected chi connectivity index (χ2v) is 4.24. The van der Waals surface area contributed by atoms with E-state index in [-0.39, 0.29) is 12.8 Å². The van der Waals surface area contributed by atoms with Crippen molar-refractivity contribution in [1.82, 2.24) is 0 Å². The second kappa shape index (κ2) is 5.91. The molecule has 0 unspecified atom stereocenters. The molecule has 13 heavy (non-hydrogen) atoms. The van der Waals surface area contributed by atoms with Crippen LogP contribution in [0.4, 0.5) is 0 Å². The molecule has 0 aromatic carbocycles. The van der Waals surface area contributed by atoms with Gasteiger partial charge in [-0.2, -0.15) is 0 Å². The summed E-state index contributed by atoms with van der Waals surface area (Å²) in [6, 6.07) is 0. The van der Waals surface area contributed by atoms with Crippen molar-refractivity contribution in [2.45, 2.75) is 12.8 Å². The highest BCUT2D eigenvalue weighted by Crippen LogP contribution is 2.35. The number of hydrogen-bond acceptors (Lipinski definition) is 3. The Balaban J connectivity index is 3.32. The first-order chi connectivity index (χ1) is 5.95. The van der Waals surface area contributed by atoms with Crippen LogP contribution in [0.5, 0.6) is 0 Å². The third-order valence-corrected chi connectivity index (χ3v) is 2.15. The third-order valence-electron chi connectivity index (χ3n) is 1.25. The molecule has 0 radical (unpaired) electrons. The molecule has 0 aliphatic rings. The van der Waals surface area contributed by atoms with E-state index < -0.39 is 13.6 Å². The number of carbonyl (C=O) groups excluding carboxylic acids is 1. The summed E-state index contributed by atoms with van der Waals surface area (Å²) in [5.41, 5.74) is 0. The van der Waals surface area contributed by atoms with Gasteiger partial charge in [-0.1, -0.05) is 6.58 Å². The molecule has 0 spiro atoms. The van der Waals surface area contributed by atoms with E-state index >= 15 is 0 Å². The topological polar surface area (TPSA) is 83.8 Å². The summed E-state index contributed by atoms with van der Waals surface area (Å²) in [4.78, 5) is 27.4. The molecule has 0 heterocycles. The lowest BCUT2D eigenvalue weighted by molar-refractivity contribution is -0.137. The molecular weight excluding hydrogens is 195 g/mol. The fourth-order valence-corrected chi connectivity index (χ4v) is 1.29. The summed E-state index contributed by atoms with van der Waals surface area (Å²) < 4.78 is 15.0. The lowest BCUT2D eigenvalue weighted by atomic mass is 10.4. The number of esters is 1. The van der Waals surface area contributed by atoms with Gasteiger partial charge in [0.2, 0.25) is 0 Å². The number of carbonyl (C=O) groups is 1. The van der Waals surface area contributed by atoms with Gasteiger partial charge in [0.1, 0.15) is 0 Å². The Labute approximate surface area is 76.6 Å². The first kappa shape index (κ1) is 12.4. The fraction of sp³-hybridized carbons (Fsp3) is 0.571. The first-order valence-corrected chi connectivity index (χ1v) is 5.59. The molecule has 0 aromatic heterocycles. The summed E-state index contributed by atoms with van der Waals surface area (Å²) in [6.45, 7) is 3.37. The van der Waals surface area contributed by atoms with Crippen LogP contribution in [0, 0.1) is 0 Å². The predicted molar refractivity (Wildman–Crippen MR) is 47.3 cm³/mol. The van der Waals surface area contributed by atoms with Crippen LogP contribution in [-0.2, 0) is 14.1 Å². The monoisotopic (exact) mass is 208 g/mol.